The van der Waals surface area contributed by atoms with Crippen molar-refractivity contribution >= 4 is 0 Å². The minimum atomic E-state index is -0.477. The van der Waals surface area contributed by atoms with Crippen LogP contribution < -0.4 is 5.73 Å². The highest BCUT2D eigenvalue weighted by molar-refractivity contribution is 5.24. The second-order valence-corrected chi connectivity index (χ2v) is 5.02. The molecule has 0 aromatic carbocycles. The van der Waals surface area contributed by atoms with Crippen LogP contribution in [-0.4, -0.2) is 27.5 Å². The van der Waals surface area contributed by atoms with Gasteiger partial charge in [-0.1, -0.05) is 20.8 Å². The first-order chi connectivity index (χ1) is 6.84. The summed E-state index contributed by atoms with van der Waals surface area (Å²) in [6.45, 7) is 6.65. The smallest absolute Gasteiger partial charge is 0.0710 e. The second-order valence-electron chi connectivity index (χ2n) is 5.02. The van der Waals surface area contributed by atoms with Gasteiger partial charge in [-0.15, -0.1) is 0 Å². The maximum absolute atomic E-state index is 9.55. The predicted octanol–water partition coefficient (Wildman–Crippen LogP) is 0.580. The molecule has 1 aromatic rings. The van der Waals surface area contributed by atoms with E-state index >= 15 is 0 Å². The molecule has 1 unspecified atom stereocenters. The Kier molecular flexibility index (Phi) is 3.52. The van der Waals surface area contributed by atoms with Crippen LogP contribution in [0.1, 0.15) is 32.0 Å². The fraction of sp³-hybridized carbons (Fsp3) is 0.727. The van der Waals surface area contributed by atoms with E-state index in [1.807, 2.05) is 13.2 Å². The minimum Gasteiger partial charge on any atom is -0.391 e. The van der Waals surface area contributed by atoms with E-state index in [2.05, 4.69) is 25.9 Å². The average molecular weight is 211 g/mol. The van der Waals surface area contributed by atoms with Crippen LogP contribution in [0.4, 0.5) is 0 Å². The van der Waals surface area contributed by atoms with Gasteiger partial charge in [-0.3, -0.25) is 4.68 Å². The molecule has 0 amide bonds. The van der Waals surface area contributed by atoms with Crippen LogP contribution in [0.15, 0.2) is 6.20 Å². The Morgan fingerprint density at radius 2 is 2.13 bits per heavy atom. The molecule has 0 fully saturated rings. The first-order valence-corrected chi connectivity index (χ1v) is 5.25. The molecule has 3 N–H and O–H groups in total. The van der Waals surface area contributed by atoms with Crippen molar-refractivity contribution in [1.29, 1.82) is 0 Å². The molecule has 1 heterocycles. The standard InChI is InChI=1S/C11H21N3O/c1-11(2,3)10-8(5-9(15)6-12)7-14(4)13-10/h7,9,15H,5-6,12H2,1-4H3. The highest BCUT2D eigenvalue weighted by Crippen LogP contribution is 2.24. The molecule has 0 bridgehead atoms. The third-order valence-corrected chi connectivity index (χ3v) is 2.34. The molecule has 0 aliphatic heterocycles. The number of hydrogen-bond acceptors (Lipinski definition) is 3. The van der Waals surface area contributed by atoms with Crippen LogP contribution in [-0.2, 0) is 18.9 Å². The van der Waals surface area contributed by atoms with E-state index in [1.165, 1.54) is 0 Å². The molecular formula is C11H21N3O. The molecule has 1 atom stereocenters. The number of hydrogen-bond donors (Lipinski definition) is 2. The lowest BCUT2D eigenvalue weighted by atomic mass is 9.88. The van der Waals surface area contributed by atoms with Gasteiger partial charge >= 0.3 is 0 Å². The minimum absolute atomic E-state index is 0.00487. The fourth-order valence-electron chi connectivity index (χ4n) is 1.66. The summed E-state index contributed by atoms with van der Waals surface area (Å²) >= 11 is 0. The van der Waals surface area contributed by atoms with Gasteiger partial charge in [0.05, 0.1) is 11.8 Å². The summed E-state index contributed by atoms with van der Waals surface area (Å²) < 4.78 is 1.79. The molecule has 86 valence electrons. The van der Waals surface area contributed by atoms with E-state index < -0.39 is 6.10 Å². The summed E-state index contributed by atoms with van der Waals surface area (Å²) in [6, 6.07) is 0. The monoisotopic (exact) mass is 211 g/mol. The molecule has 0 radical (unpaired) electrons. The van der Waals surface area contributed by atoms with E-state index in [0.29, 0.717) is 13.0 Å². The van der Waals surface area contributed by atoms with E-state index in [4.69, 9.17) is 5.73 Å². The molecule has 1 aromatic heterocycles. The molecule has 0 aliphatic carbocycles. The summed E-state index contributed by atoms with van der Waals surface area (Å²) in [5, 5.41) is 14.0. The Morgan fingerprint density at radius 1 is 1.53 bits per heavy atom. The molecule has 0 saturated heterocycles. The van der Waals surface area contributed by atoms with E-state index in [9.17, 15) is 5.11 Å². The number of aliphatic hydroxyl groups is 1. The van der Waals surface area contributed by atoms with E-state index in [0.717, 1.165) is 11.3 Å². The number of aliphatic hydroxyl groups excluding tert-OH is 1. The zero-order valence-corrected chi connectivity index (χ0v) is 9.99. The summed E-state index contributed by atoms with van der Waals surface area (Å²) in [4.78, 5) is 0. The van der Waals surface area contributed by atoms with Gasteiger partial charge in [-0.2, -0.15) is 5.10 Å². The van der Waals surface area contributed by atoms with Crippen molar-refractivity contribution in [3.8, 4) is 0 Å². The predicted molar refractivity (Wildman–Crippen MR) is 60.7 cm³/mol. The van der Waals surface area contributed by atoms with Crippen LogP contribution in [0.2, 0.25) is 0 Å². The number of rotatable bonds is 3. The van der Waals surface area contributed by atoms with E-state index in [1.54, 1.807) is 4.68 Å². The van der Waals surface area contributed by atoms with Gasteiger partial charge in [0.1, 0.15) is 0 Å². The Labute approximate surface area is 91.1 Å². The van der Waals surface area contributed by atoms with Crippen molar-refractivity contribution in [2.45, 2.75) is 38.7 Å². The third kappa shape index (κ3) is 3.04. The summed E-state index contributed by atoms with van der Waals surface area (Å²) in [5.41, 5.74) is 7.54. The Hall–Kier alpha value is -0.870. The van der Waals surface area contributed by atoms with E-state index in [-0.39, 0.29) is 5.41 Å². The molecule has 0 saturated carbocycles. The topological polar surface area (TPSA) is 64.1 Å². The molecule has 0 aliphatic rings. The van der Waals surface area contributed by atoms with Gasteiger partial charge in [0.25, 0.3) is 0 Å². The van der Waals surface area contributed by atoms with Gasteiger partial charge in [-0.05, 0) is 5.56 Å². The number of nitrogens with two attached hydrogens (primary N) is 1. The van der Waals surface area contributed by atoms with Gasteiger partial charge < -0.3 is 10.8 Å². The normalized spacial score (nSPS) is 14.3. The van der Waals surface area contributed by atoms with Crippen molar-refractivity contribution in [2.75, 3.05) is 6.54 Å². The maximum Gasteiger partial charge on any atom is 0.0710 e. The van der Waals surface area contributed by atoms with Gasteiger partial charge in [0.15, 0.2) is 0 Å². The first-order valence-electron chi connectivity index (χ1n) is 5.25. The Balaban J connectivity index is 2.96. The summed E-state index contributed by atoms with van der Waals surface area (Å²) in [6.07, 6.45) is 2.06. The van der Waals surface area contributed by atoms with Crippen molar-refractivity contribution in [2.24, 2.45) is 12.8 Å². The fourth-order valence-corrected chi connectivity index (χ4v) is 1.66. The summed E-state index contributed by atoms with van der Waals surface area (Å²) in [7, 11) is 1.90. The van der Waals surface area contributed by atoms with Crippen LogP contribution in [0, 0.1) is 0 Å². The molecule has 15 heavy (non-hydrogen) atoms. The zero-order chi connectivity index (χ0) is 11.6. The Morgan fingerprint density at radius 3 is 2.60 bits per heavy atom. The number of nitrogens with zero attached hydrogens (tertiary/aromatic N) is 2. The van der Waals surface area contributed by atoms with Gasteiger partial charge in [0.2, 0.25) is 0 Å². The maximum atomic E-state index is 9.55. The number of aromatic nitrogens is 2. The van der Waals surface area contributed by atoms with Crippen LogP contribution in [0.5, 0.6) is 0 Å². The SMILES string of the molecule is Cn1cc(CC(O)CN)c(C(C)(C)C)n1. The Bertz CT molecular complexity index is 325. The largest absolute Gasteiger partial charge is 0.391 e. The highest BCUT2D eigenvalue weighted by Gasteiger charge is 2.22. The summed E-state index contributed by atoms with van der Waals surface area (Å²) in [5.74, 6) is 0. The average Bonchev–Trinajstić information content (AvgIpc) is 2.45. The van der Waals surface area contributed by atoms with Crippen LogP contribution in [0.3, 0.4) is 0 Å². The van der Waals surface area contributed by atoms with Gasteiger partial charge in [-0.25, -0.2) is 0 Å². The lowest BCUT2D eigenvalue weighted by molar-refractivity contribution is 0.183. The quantitative estimate of drug-likeness (QED) is 0.768. The van der Waals surface area contributed by atoms with Crippen molar-refractivity contribution in [3.63, 3.8) is 0 Å². The molecule has 0 spiro atoms. The molecular weight excluding hydrogens is 190 g/mol. The lowest BCUT2D eigenvalue weighted by Gasteiger charge is -2.18. The second kappa shape index (κ2) is 4.33. The van der Waals surface area contributed by atoms with Crippen LogP contribution in [0.25, 0.3) is 0 Å². The van der Waals surface area contributed by atoms with Crippen LogP contribution >= 0.6 is 0 Å². The highest BCUT2D eigenvalue weighted by atomic mass is 16.3. The third-order valence-electron chi connectivity index (χ3n) is 2.34. The molecule has 1 rings (SSSR count). The van der Waals surface area contributed by atoms with Crippen molar-refractivity contribution in [3.05, 3.63) is 17.5 Å². The van der Waals surface area contributed by atoms with Gasteiger partial charge in [0, 0.05) is 31.6 Å². The number of aryl methyl sites for hydroxylation is 1. The molecule has 4 nitrogen and oxygen atoms in total. The van der Waals surface area contributed by atoms with Crippen molar-refractivity contribution in [1.82, 2.24) is 9.78 Å². The molecule has 4 heteroatoms. The lowest BCUT2D eigenvalue weighted by Crippen LogP contribution is -2.24. The van der Waals surface area contributed by atoms with Crippen molar-refractivity contribution < 1.29 is 5.11 Å². The first kappa shape index (κ1) is 12.2. The zero-order valence-electron chi connectivity index (χ0n) is 9.99.